The third kappa shape index (κ3) is 3.90. The van der Waals surface area contributed by atoms with Crippen molar-refractivity contribution in [3.63, 3.8) is 0 Å². The van der Waals surface area contributed by atoms with Crippen LogP contribution in [0.5, 0.6) is 5.75 Å². The van der Waals surface area contributed by atoms with Crippen molar-refractivity contribution in [2.45, 2.75) is 32.5 Å². The predicted molar refractivity (Wildman–Crippen MR) is 80.0 cm³/mol. The lowest BCUT2D eigenvalue weighted by atomic mass is 10.1. The van der Waals surface area contributed by atoms with E-state index in [0.29, 0.717) is 24.4 Å². The lowest BCUT2D eigenvalue weighted by Gasteiger charge is -2.39. The summed E-state index contributed by atoms with van der Waals surface area (Å²) in [7, 11) is 1.33. The Hall–Kier alpha value is -2.24. The van der Waals surface area contributed by atoms with Gasteiger partial charge in [0.25, 0.3) is 0 Å². The standard InChI is InChI=1S/C16H21NO5/c1-16(2,3)22-15(19)17-9-11(10-17)21-13-8-6-5-7-12(13)14(18)20-4/h5-8,11H,9-10H2,1-4H3. The minimum atomic E-state index is -0.513. The molecule has 6 heteroatoms. The zero-order valence-corrected chi connectivity index (χ0v) is 13.3. The molecule has 0 saturated carbocycles. The number of para-hydroxylation sites is 1. The highest BCUT2D eigenvalue weighted by molar-refractivity contribution is 5.92. The second-order valence-corrected chi connectivity index (χ2v) is 6.11. The maximum Gasteiger partial charge on any atom is 0.410 e. The van der Waals surface area contributed by atoms with Gasteiger partial charge in [0.15, 0.2) is 0 Å². The SMILES string of the molecule is COC(=O)c1ccccc1OC1CN(C(=O)OC(C)(C)C)C1. The van der Waals surface area contributed by atoms with E-state index in [4.69, 9.17) is 14.2 Å². The second-order valence-electron chi connectivity index (χ2n) is 6.11. The van der Waals surface area contributed by atoms with Crippen molar-refractivity contribution in [3.05, 3.63) is 29.8 Å². The molecular weight excluding hydrogens is 286 g/mol. The highest BCUT2D eigenvalue weighted by Gasteiger charge is 2.35. The molecule has 0 N–H and O–H groups in total. The van der Waals surface area contributed by atoms with Gasteiger partial charge >= 0.3 is 12.1 Å². The fourth-order valence-electron chi connectivity index (χ4n) is 2.02. The summed E-state index contributed by atoms with van der Waals surface area (Å²) in [5.41, 5.74) is -0.138. The molecule has 1 aliphatic heterocycles. The monoisotopic (exact) mass is 307 g/mol. The van der Waals surface area contributed by atoms with E-state index in [0.717, 1.165) is 0 Å². The van der Waals surface area contributed by atoms with Gasteiger partial charge in [-0.3, -0.25) is 0 Å². The van der Waals surface area contributed by atoms with Crippen molar-refractivity contribution in [2.24, 2.45) is 0 Å². The Morgan fingerprint density at radius 3 is 2.41 bits per heavy atom. The third-order valence-electron chi connectivity index (χ3n) is 3.09. The quantitative estimate of drug-likeness (QED) is 0.803. The molecule has 1 aliphatic rings. The number of hydrogen-bond acceptors (Lipinski definition) is 5. The highest BCUT2D eigenvalue weighted by atomic mass is 16.6. The van der Waals surface area contributed by atoms with Crippen molar-refractivity contribution in [2.75, 3.05) is 20.2 Å². The first-order valence-corrected chi connectivity index (χ1v) is 7.12. The molecule has 2 rings (SSSR count). The van der Waals surface area contributed by atoms with Crippen LogP contribution in [0.15, 0.2) is 24.3 Å². The number of nitrogens with zero attached hydrogens (tertiary/aromatic N) is 1. The summed E-state index contributed by atoms with van der Waals surface area (Å²) < 4.78 is 15.8. The molecular formula is C16H21NO5. The van der Waals surface area contributed by atoms with E-state index >= 15 is 0 Å². The van der Waals surface area contributed by atoms with Crippen LogP contribution in [-0.2, 0) is 9.47 Å². The van der Waals surface area contributed by atoms with Gasteiger partial charge in [-0.25, -0.2) is 9.59 Å². The largest absolute Gasteiger partial charge is 0.486 e. The van der Waals surface area contributed by atoms with Gasteiger partial charge in [0.05, 0.1) is 20.2 Å². The predicted octanol–water partition coefficient (Wildman–Crippen LogP) is 2.47. The first-order valence-electron chi connectivity index (χ1n) is 7.12. The van der Waals surface area contributed by atoms with Crippen molar-refractivity contribution in [1.82, 2.24) is 4.90 Å². The Labute approximate surface area is 129 Å². The van der Waals surface area contributed by atoms with Crippen LogP contribution in [0, 0.1) is 0 Å². The minimum Gasteiger partial charge on any atom is -0.486 e. The van der Waals surface area contributed by atoms with Crippen molar-refractivity contribution < 1.29 is 23.8 Å². The highest BCUT2D eigenvalue weighted by Crippen LogP contribution is 2.24. The summed E-state index contributed by atoms with van der Waals surface area (Å²) in [5, 5.41) is 0. The summed E-state index contributed by atoms with van der Waals surface area (Å²) in [6.45, 7) is 6.34. The third-order valence-corrected chi connectivity index (χ3v) is 3.09. The first-order chi connectivity index (χ1) is 10.3. The molecule has 0 aliphatic carbocycles. The molecule has 1 heterocycles. The Bertz CT molecular complexity index is 558. The van der Waals surface area contributed by atoms with E-state index in [1.54, 1.807) is 29.2 Å². The van der Waals surface area contributed by atoms with Gasteiger partial charge < -0.3 is 19.1 Å². The van der Waals surface area contributed by atoms with Crippen LogP contribution >= 0.6 is 0 Å². The zero-order chi connectivity index (χ0) is 16.3. The molecule has 0 aromatic heterocycles. The first kappa shape index (κ1) is 16.1. The minimum absolute atomic E-state index is 0.154. The van der Waals surface area contributed by atoms with Crippen LogP contribution in [0.1, 0.15) is 31.1 Å². The number of rotatable bonds is 3. The van der Waals surface area contributed by atoms with E-state index in [9.17, 15) is 9.59 Å². The summed E-state index contributed by atoms with van der Waals surface area (Å²) in [5.74, 6) is 0.0158. The summed E-state index contributed by atoms with van der Waals surface area (Å²) >= 11 is 0. The number of hydrogen-bond donors (Lipinski definition) is 0. The fourth-order valence-corrected chi connectivity index (χ4v) is 2.02. The van der Waals surface area contributed by atoms with Gasteiger partial charge in [0.2, 0.25) is 0 Å². The normalized spacial score (nSPS) is 15.0. The number of benzene rings is 1. The summed E-state index contributed by atoms with van der Waals surface area (Å²) in [4.78, 5) is 25.1. The smallest absolute Gasteiger partial charge is 0.410 e. The number of esters is 1. The number of carbonyl (C=O) groups excluding carboxylic acids is 2. The Balaban J connectivity index is 1.91. The number of ether oxygens (including phenoxy) is 3. The van der Waals surface area contributed by atoms with Gasteiger partial charge in [-0.05, 0) is 32.9 Å². The topological polar surface area (TPSA) is 65.1 Å². The molecule has 0 spiro atoms. The number of amides is 1. The van der Waals surface area contributed by atoms with Gasteiger partial charge in [0, 0.05) is 0 Å². The second kappa shape index (κ2) is 6.25. The molecule has 120 valence electrons. The number of methoxy groups -OCH3 is 1. The fraction of sp³-hybridized carbons (Fsp3) is 0.500. The molecule has 1 saturated heterocycles. The lowest BCUT2D eigenvalue weighted by Crippen LogP contribution is -2.57. The summed E-state index contributed by atoms with van der Waals surface area (Å²) in [6, 6.07) is 6.88. The molecule has 0 radical (unpaired) electrons. The molecule has 1 aromatic rings. The van der Waals surface area contributed by atoms with Gasteiger partial charge in [-0.15, -0.1) is 0 Å². The molecule has 0 bridgehead atoms. The summed E-state index contributed by atoms with van der Waals surface area (Å²) in [6.07, 6.45) is -0.507. The van der Waals surface area contributed by atoms with E-state index in [1.807, 2.05) is 20.8 Å². The Kier molecular flexibility index (Phi) is 4.59. The van der Waals surface area contributed by atoms with Gasteiger partial charge in [-0.2, -0.15) is 0 Å². The molecule has 0 atom stereocenters. The van der Waals surface area contributed by atoms with Crippen LogP contribution < -0.4 is 4.74 Å². The van der Waals surface area contributed by atoms with Crippen molar-refractivity contribution >= 4 is 12.1 Å². The Morgan fingerprint density at radius 2 is 1.82 bits per heavy atom. The van der Waals surface area contributed by atoms with Gasteiger partial charge in [-0.1, -0.05) is 12.1 Å². The van der Waals surface area contributed by atoms with Crippen LogP contribution in [0.2, 0.25) is 0 Å². The van der Waals surface area contributed by atoms with Gasteiger partial charge in [0.1, 0.15) is 23.0 Å². The molecule has 1 amide bonds. The van der Waals surface area contributed by atoms with Crippen molar-refractivity contribution in [3.8, 4) is 5.75 Å². The molecule has 0 unspecified atom stereocenters. The average molecular weight is 307 g/mol. The van der Waals surface area contributed by atoms with Crippen LogP contribution in [0.25, 0.3) is 0 Å². The molecule has 1 fully saturated rings. The molecule has 22 heavy (non-hydrogen) atoms. The number of likely N-dealkylation sites (tertiary alicyclic amines) is 1. The zero-order valence-electron chi connectivity index (χ0n) is 13.3. The van der Waals surface area contributed by atoms with E-state index in [-0.39, 0.29) is 12.2 Å². The molecule has 6 nitrogen and oxygen atoms in total. The maximum atomic E-state index is 11.8. The Morgan fingerprint density at radius 1 is 1.18 bits per heavy atom. The van der Waals surface area contributed by atoms with Crippen LogP contribution in [0.3, 0.4) is 0 Å². The van der Waals surface area contributed by atoms with E-state index in [1.165, 1.54) is 7.11 Å². The van der Waals surface area contributed by atoms with E-state index < -0.39 is 11.6 Å². The van der Waals surface area contributed by atoms with Crippen LogP contribution in [-0.4, -0.2) is 48.9 Å². The number of carbonyl (C=O) groups is 2. The van der Waals surface area contributed by atoms with Crippen LogP contribution in [0.4, 0.5) is 4.79 Å². The maximum absolute atomic E-state index is 11.8. The molecule has 1 aromatic carbocycles. The average Bonchev–Trinajstić information content (AvgIpc) is 2.39. The van der Waals surface area contributed by atoms with Crippen molar-refractivity contribution in [1.29, 1.82) is 0 Å². The van der Waals surface area contributed by atoms with E-state index in [2.05, 4.69) is 0 Å². The lowest BCUT2D eigenvalue weighted by molar-refractivity contribution is -0.0225.